The molecule has 1 unspecified atom stereocenters. The highest BCUT2D eigenvalue weighted by Gasteiger charge is 2.28. The molecular weight excluding hydrogens is 252 g/mol. The van der Waals surface area contributed by atoms with Gasteiger partial charge in [-0.05, 0) is 51.1 Å². The van der Waals surface area contributed by atoms with Crippen LogP contribution in [0.1, 0.15) is 22.5 Å². The van der Waals surface area contributed by atoms with Crippen molar-refractivity contribution in [1.82, 2.24) is 10.2 Å². The van der Waals surface area contributed by atoms with Gasteiger partial charge in [0.25, 0.3) is 5.91 Å². The number of nitrogens with one attached hydrogen (secondary N) is 1. The second-order valence-corrected chi connectivity index (χ2v) is 5.62. The Balaban J connectivity index is 1.79. The first kappa shape index (κ1) is 13.2. The number of aryl methyl sites for hydroxylation is 1. The van der Waals surface area contributed by atoms with E-state index in [9.17, 15) is 4.79 Å². The van der Waals surface area contributed by atoms with E-state index in [0.29, 0.717) is 11.7 Å². The minimum absolute atomic E-state index is 0.0115. The highest BCUT2D eigenvalue weighted by Crippen LogP contribution is 2.24. The number of carbonyl (C=O) groups is 1. The summed E-state index contributed by atoms with van der Waals surface area (Å²) in [5.74, 6) is 1.02. The Morgan fingerprint density at radius 2 is 2.30 bits per heavy atom. The average molecular weight is 272 g/mol. The van der Waals surface area contributed by atoms with Crippen LogP contribution in [0.4, 0.5) is 0 Å². The lowest BCUT2D eigenvalue weighted by molar-refractivity contribution is 0.0758. The fraction of sp³-hybridized carbons (Fsp3) is 0.438. The number of fused-ring (bicyclic) bond motifs is 1. The van der Waals surface area contributed by atoms with Crippen molar-refractivity contribution in [3.05, 3.63) is 35.6 Å². The number of furan rings is 1. The molecule has 4 nitrogen and oxygen atoms in total. The predicted octanol–water partition coefficient (Wildman–Crippen LogP) is 2.42. The Morgan fingerprint density at radius 3 is 3.10 bits per heavy atom. The van der Waals surface area contributed by atoms with Crippen LogP contribution < -0.4 is 5.32 Å². The van der Waals surface area contributed by atoms with Gasteiger partial charge in [0.15, 0.2) is 5.76 Å². The van der Waals surface area contributed by atoms with Crippen LogP contribution in [-0.2, 0) is 0 Å². The fourth-order valence-electron chi connectivity index (χ4n) is 2.90. The Labute approximate surface area is 118 Å². The van der Waals surface area contributed by atoms with Crippen molar-refractivity contribution in [2.75, 3.05) is 26.7 Å². The van der Waals surface area contributed by atoms with Crippen molar-refractivity contribution in [3.63, 3.8) is 0 Å². The van der Waals surface area contributed by atoms with Gasteiger partial charge in [0.2, 0.25) is 0 Å². The van der Waals surface area contributed by atoms with Crippen LogP contribution in [-0.4, -0.2) is 37.5 Å². The second kappa shape index (κ2) is 5.29. The number of hydrogen-bond donors (Lipinski definition) is 1. The zero-order valence-corrected chi connectivity index (χ0v) is 12.0. The predicted molar refractivity (Wildman–Crippen MR) is 78.9 cm³/mol. The number of hydrogen-bond acceptors (Lipinski definition) is 3. The Kier molecular flexibility index (Phi) is 3.49. The van der Waals surface area contributed by atoms with E-state index in [4.69, 9.17) is 4.42 Å². The summed E-state index contributed by atoms with van der Waals surface area (Å²) in [5, 5.41) is 4.17. The molecule has 1 atom stereocenters. The minimum Gasteiger partial charge on any atom is -0.451 e. The first-order chi connectivity index (χ1) is 9.67. The molecule has 1 aromatic carbocycles. The third-order valence-electron chi connectivity index (χ3n) is 3.95. The lowest BCUT2D eigenvalue weighted by Gasteiger charge is -2.14. The molecule has 3 rings (SSSR count). The molecule has 1 aliphatic heterocycles. The van der Waals surface area contributed by atoms with Crippen LogP contribution in [0.15, 0.2) is 28.7 Å². The lowest BCUT2D eigenvalue weighted by atomic mass is 10.1. The summed E-state index contributed by atoms with van der Waals surface area (Å²) >= 11 is 0. The molecule has 0 saturated carbocycles. The van der Waals surface area contributed by atoms with Crippen molar-refractivity contribution in [1.29, 1.82) is 0 Å². The van der Waals surface area contributed by atoms with Gasteiger partial charge >= 0.3 is 0 Å². The largest absolute Gasteiger partial charge is 0.451 e. The molecule has 106 valence electrons. The van der Waals surface area contributed by atoms with Gasteiger partial charge in [-0.1, -0.05) is 11.6 Å². The van der Waals surface area contributed by atoms with E-state index in [1.54, 1.807) is 0 Å². The number of amides is 1. The third-order valence-corrected chi connectivity index (χ3v) is 3.95. The normalized spacial score (nSPS) is 18.9. The molecule has 20 heavy (non-hydrogen) atoms. The Bertz CT molecular complexity index is 632. The molecule has 0 bridgehead atoms. The number of rotatable bonds is 3. The zero-order valence-electron chi connectivity index (χ0n) is 12.0. The topological polar surface area (TPSA) is 45.5 Å². The van der Waals surface area contributed by atoms with Gasteiger partial charge in [-0.2, -0.15) is 0 Å². The van der Waals surface area contributed by atoms with E-state index in [1.165, 1.54) is 5.56 Å². The van der Waals surface area contributed by atoms with Crippen LogP contribution in [0.2, 0.25) is 0 Å². The highest BCUT2D eigenvalue weighted by molar-refractivity contribution is 5.96. The van der Waals surface area contributed by atoms with Crippen LogP contribution in [0.5, 0.6) is 0 Å². The van der Waals surface area contributed by atoms with Gasteiger partial charge in [-0.15, -0.1) is 0 Å². The minimum atomic E-state index is 0.0115. The first-order valence-corrected chi connectivity index (χ1v) is 7.11. The van der Waals surface area contributed by atoms with Gasteiger partial charge in [0.05, 0.1) is 0 Å². The molecule has 2 heterocycles. The molecule has 0 radical (unpaired) electrons. The van der Waals surface area contributed by atoms with E-state index in [1.807, 2.05) is 43.1 Å². The van der Waals surface area contributed by atoms with E-state index < -0.39 is 0 Å². The van der Waals surface area contributed by atoms with Crippen molar-refractivity contribution >= 4 is 16.9 Å². The van der Waals surface area contributed by atoms with E-state index in [2.05, 4.69) is 5.32 Å². The summed E-state index contributed by atoms with van der Waals surface area (Å²) in [5.41, 5.74) is 1.96. The molecule has 0 spiro atoms. The number of nitrogens with zero attached hydrogens (tertiary/aromatic N) is 1. The van der Waals surface area contributed by atoms with Gasteiger partial charge in [0.1, 0.15) is 5.58 Å². The third kappa shape index (κ3) is 2.43. The van der Waals surface area contributed by atoms with Gasteiger partial charge in [-0.3, -0.25) is 4.79 Å². The Morgan fingerprint density at radius 1 is 1.45 bits per heavy atom. The van der Waals surface area contributed by atoms with Crippen molar-refractivity contribution in [2.45, 2.75) is 13.3 Å². The molecule has 1 N–H and O–H groups in total. The summed E-state index contributed by atoms with van der Waals surface area (Å²) in [6.07, 6.45) is 1.06. The fourth-order valence-corrected chi connectivity index (χ4v) is 2.90. The van der Waals surface area contributed by atoms with E-state index in [-0.39, 0.29) is 5.91 Å². The molecular formula is C16H20N2O2. The summed E-state index contributed by atoms with van der Waals surface area (Å²) in [6, 6.07) is 7.83. The van der Waals surface area contributed by atoms with Gasteiger partial charge in [-0.25, -0.2) is 0 Å². The lowest BCUT2D eigenvalue weighted by Crippen LogP contribution is -2.30. The van der Waals surface area contributed by atoms with Crippen molar-refractivity contribution in [2.24, 2.45) is 5.92 Å². The maximum absolute atomic E-state index is 12.5. The van der Waals surface area contributed by atoms with Crippen molar-refractivity contribution < 1.29 is 9.21 Å². The summed E-state index contributed by atoms with van der Waals surface area (Å²) in [4.78, 5) is 14.4. The Hall–Kier alpha value is -1.81. The van der Waals surface area contributed by atoms with Crippen LogP contribution in [0, 0.1) is 12.8 Å². The van der Waals surface area contributed by atoms with Gasteiger partial charge in [0, 0.05) is 18.5 Å². The SMILES string of the molecule is CNCC1CCN(C(=O)c2cc3cc(C)ccc3o2)C1. The van der Waals surface area contributed by atoms with Crippen molar-refractivity contribution in [3.8, 4) is 0 Å². The molecule has 2 aromatic rings. The van der Waals surface area contributed by atoms with Crippen LogP contribution in [0.25, 0.3) is 11.0 Å². The standard InChI is InChI=1S/C16H20N2O2/c1-11-3-4-14-13(7-11)8-15(20-14)16(19)18-6-5-12(10-18)9-17-2/h3-4,7-8,12,17H,5-6,9-10H2,1-2H3. The van der Waals surface area contributed by atoms with Crippen LogP contribution >= 0.6 is 0 Å². The highest BCUT2D eigenvalue weighted by atomic mass is 16.3. The molecule has 1 aromatic heterocycles. The summed E-state index contributed by atoms with van der Waals surface area (Å²) in [6.45, 7) is 4.64. The zero-order chi connectivity index (χ0) is 14.1. The molecule has 0 aliphatic carbocycles. The summed E-state index contributed by atoms with van der Waals surface area (Å²) < 4.78 is 5.69. The van der Waals surface area contributed by atoms with E-state index >= 15 is 0 Å². The maximum atomic E-state index is 12.5. The monoisotopic (exact) mass is 272 g/mol. The van der Waals surface area contributed by atoms with Crippen LogP contribution in [0.3, 0.4) is 0 Å². The molecule has 1 amide bonds. The smallest absolute Gasteiger partial charge is 0.289 e. The molecule has 1 fully saturated rings. The quantitative estimate of drug-likeness (QED) is 0.933. The van der Waals surface area contributed by atoms with Gasteiger partial charge < -0.3 is 14.6 Å². The molecule has 4 heteroatoms. The number of benzene rings is 1. The number of carbonyl (C=O) groups excluding carboxylic acids is 1. The molecule has 1 aliphatic rings. The second-order valence-electron chi connectivity index (χ2n) is 5.62. The first-order valence-electron chi connectivity index (χ1n) is 7.11. The molecule has 1 saturated heterocycles. The maximum Gasteiger partial charge on any atom is 0.289 e. The van der Waals surface area contributed by atoms with E-state index in [0.717, 1.165) is 37.0 Å². The summed E-state index contributed by atoms with van der Waals surface area (Å²) in [7, 11) is 1.95. The average Bonchev–Trinajstić information content (AvgIpc) is 3.04. The number of likely N-dealkylation sites (tertiary alicyclic amines) is 1.